The fourth-order valence-corrected chi connectivity index (χ4v) is 3.55. The van der Waals surface area contributed by atoms with Crippen LogP contribution in [-0.4, -0.2) is 63.4 Å². The molecule has 2 unspecified atom stereocenters. The Morgan fingerprint density at radius 2 is 2.37 bits per heavy atom. The SMILES string of the molecule is Nc1nc(Cl)nc2c1ncn2[C@H]1CC2C(O[C@@H](C(=O)O)c3nnn[nH]3)[C@H]2O1. The van der Waals surface area contributed by atoms with Crippen LogP contribution in [0, 0.1) is 5.92 Å². The number of aliphatic carboxylic acids is 1. The van der Waals surface area contributed by atoms with Gasteiger partial charge >= 0.3 is 5.97 Å². The van der Waals surface area contributed by atoms with Crippen molar-refractivity contribution in [2.45, 2.75) is 31.0 Å². The number of H-pyrrole nitrogens is 1. The number of nitrogen functional groups attached to an aromatic ring is 1. The number of imidazole rings is 1. The van der Waals surface area contributed by atoms with E-state index in [1.54, 1.807) is 10.9 Å². The number of carboxylic acid groups (broad SMARTS) is 1. The van der Waals surface area contributed by atoms with Gasteiger partial charge in [-0.15, -0.1) is 5.10 Å². The van der Waals surface area contributed by atoms with E-state index in [0.29, 0.717) is 17.6 Å². The molecule has 3 aromatic rings. The third kappa shape index (κ3) is 2.58. The molecule has 0 aromatic carbocycles. The molecule has 0 bridgehead atoms. The Labute approximate surface area is 154 Å². The number of halogens is 1. The number of anilines is 1. The van der Waals surface area contributed by atoms with Gasteiger partial charge in [-0.3, -0.25) is 4.57 Å². The standard InChI is InChI=1S/C13H12ClN9O4/c14-13-17-9(15)5-11(18-13)23(2-16-5)4-1-3-6(26-4)7(3)27-8(12(24)25)10-19-21-22-20-10/h2-4,6-8H,1H2,(H,24,25)(H2,15,17,18)(H,19,20,21,22)/t3?,4-,6+,7?,8-/m1/s1. The second kappa shape index (κ2) is 5.80. The number of tetrazole rings is 1. The summed E-state index contributed by atoms with van der Waals surface area (Å²) >= 11 is 5.88. The highest BCUT2D eigenvalue weighted by molar-refractivity contribution is 6.28. The molecule has 1 saturated carbocycles. The molecule has 0 spiro atoms. The number of aromatic nitrogens is 8. The van der Waals surface area contributed by atoms with Gasteiger partial charge in [0.05, 0.1) is 18.5 Å². The topological polar surface area (TPSA) is 180 Å². The van der Waals surface area contributed by atoms with E-state index in [0.717, 1.165) is 0 Å². The van der Waals surface area contributed by atoms with E-state index in [9.17, 15) is 9.90 Å². The quantitative estimate of drug-likeness (QED) is 0.484. The van der Waals surface area contributed by atoms with Crippen molar-refractivity contribution < 1.29 is 19.4 Å². The zero-order chi connectivity index (χ0) is 18.7. The maximum absolute atomic E-state index is 11.4. The first-order chi connectivity index (χ1) is 13.0. The minimum atomic E-state index is -1.28. The Kier molecular flexibility index (Phi) is 3.50. The molecule has 5 atom stereocenters. The molecule has 2 aliphatic rings. The summed E-state index contributed by atoms with van der Waals surface area (Å²) in [4.78, 5) is 23.7. The van der Waals surface area contributed by atoms with Crippen molar-refractivity contribution in [3.05, 3.63) is 17.4 Å². The van der Waals surface area contributed by atoms with Gasteiger partial charge in [-0.1, -0.05) is 0 Å². The number of ether oxygens (including phenoxy) is 2. The van der Waals surface area contributed by atoms with Crippen molar-refractivity contribution in [3.8, 4) is 0 Å². The molecule has 0 amide bonds. The number of hydrogen-bond donors (Lipinski definition) is 3. The van der Waals surface area contributed by atoms with E-state index >= 15 is 0 Å². The number of aromatic amines is 1. The number of nitrogens with one attached hydrogen (secondary N) is 1. The minimum absolute atomic E-state index is 0.0242. The molecule has 14 heteroatoms. The van der Waals surface area contributed by atoms with Gasteiger partial charge < -0.3 is 20.3 Å². The zero-order valence-corrected chi connectivity index (χ0v) is 14.2. The fraction of sp³-hybridized carbons (Fsp3) is 0.462. The Morgan fingerprint density at radius 1 is 1.52 bits per heavy atom. The summed E-state index contributed by atoms with van der Waals surface area (Å²) in [7, 11) is 0. The molecule has 3 aromatic heterocycles. The molecule has 4 N–H and O–H groups in total. The van der Waals surface area contributed by atoms with Crippen molar-refractivity contribution in [3.63, 3.8) is 0 Å². The van der Waals surface area contributed by atoms with E-state index in [2.05, 4.69) is 35.6 Å². The van der Waals surface area contributed by atoms with Crippen molar-refractivity contribution >= 4 is 34.6 Å². The highest BCUT2D eigenvalue weighted by Gasteiger charge is 2.61. The van der Waals surface area contributed by atoms with E-state index in [1.807, 2.05) is 0 Å². The second-order valence-electron chi connectivity index (χ2n) is 6.26. The van der Waals surface area contributed by atoms with Crippen molar-refractivity contribution in [1.82, 2.24) is 40.1 Å². The zero-order valence-electron chi connectivity index (χ0n) is 13.4. The first-order valence-electron chi connectivity index (χ1n) is 7.96. The molecule has 4 heterocycles. The van der Waals surface area contributed by atoms with E-state index < -0.39 is 12.1 Å². The lowest BCUT2D eigenvalue weighted by atomic mass is 10.2. The molecule has 1 aliphatic carbocycles. The van der Waals surface area contributed by atoms with Crippen LogP contribution in [0.4, 0.5) is 5.82 Å². The summed E-state index contributed by atoms with van der Waals surface area (Å²) < 4.78 is 13.3. The molecular formula is C13H12ClN9O4. The first kappa shape index (κ1) is 16.3. The van der Waals surface area contributed by atoms with E-state index in [1.165, 1.54) is 0 Å². The number of nitrogens with zero attached hydrogens (tertiary/aromatic N) is 7. The predicted octanol–water partition coefficient (Wildman–Crippen LogP) is -0.297. The molecule has 1 aliphatic heterocycles. The maximum Gasteiger partial charge on any atom is 0.340 e. The Morgan fingerprint density at radius 3 is 3.04 bits per heavy atom. The van der Waals surface area contributed by atoms with Gasteiger partial charge in [-0.25, -0.2) is 14.9 Å². The highest BCUT2D eigenvalue weighted by atomic mass is 35.5. The lowest BCUT2D eigenvalue weighted by Crippen LogP contribution is -2.22. The van der Waals surface area contributed by atoms with Crippen molar-refractivity contribution in [1.29, 1.82) is 0 Å². The number of hydrogen-bond acceptors (Lipinski definition) is 10. The average Bonchev–Trinajstić information content (AvgIpc) is 3.12. The van der Waals surface area contributed by atoms with Gasteiger partial charge in [0.2, 0.25) is 11.4 Å². The van der Waals surface area contributed by atoms with E-state index in [4.69, 9.17) is 26.8 Å². The summed E-state index contributed by atoms with van der Waals surface area (Å²) in [6, 6.07) is 0. The van der Waals surface area contributed by atoms with Gasteiger partial charge in [-0.05, 0) is 22.0 Å². The number of rotatable bonds is 5. The van der Waals surface area contributed by atoms with Gasteiger partial charge in [0, 0.05) is 12.3 Å². The molecule has 2 fully saturated rings. The minimum Gasteiger partial charge on any atom is -0.479 e. The lowest BCUT2D eigenvalue weighted by Gasteiger charge is -2.18. The van der Waals surface area contributed by atoms with Crippen molar-refractivity contribution in [2.75, 3.05) is 5.73 Å². The first-order valence-corrected chi connectivity index (χ1v) is 8.33. The van der Waals surface area contributed by atoms with Gasteiger partial charge in [0.1, 0.15) is 11.7 Å². The largest absolute Gasteiger partial charge is 0.479 e. The summed E-state index contributed by atoms with van der Waals surface area (Å²) in [5.74, 6) is -0.915. The Balaban J connectivity index is 1.31. The number of carbonyl (C=O) groups is 1. The Bertz CT molecular complexity index is 1010. The normalized spacial score (nSPS) is 27.6. The highest BCUT2D eigenvalue weighted by Crippen LogP contribution is 2.53. The van der Waals surface area contributed by atoms with Crippen LogP contribution in [0.2, 0.25) is 5.28 Å². The molecular weight excluding hydrogens is 382 g/mol. The third-order valence-electron chi connectivity index (χ3n) is 4.67. The summed E-state index contributed by atoms with van der Waals surface area (Å²) in [6.45, 7) is 0. The van der Waals surface area contributed by atoms with Crippen LogP contribution in [0.3, 0.4) is 0 Å². The summed E-state index contributed by atoms with van der Waals surface area (Å²) in [5.41, 5.74) is 6.73. The molecule has 1 saturated heterocycles. The van der Waals surface area contributed by atoms with Gasteiger partial charge in [0.15, 0.2) is 17.3 Å². The number of nitrogens with two attached hydrogens (primary N) is 1. The average molecular weight is 394 g/mol. The molecule has 27 heavy (non-hydrogen) atoms. The van der Waals surface area contributed by atoms with Crippen LogP contribution < -0.4 is 5.73 Å². The Hall–Kier alpha value is -2.90. The van der Waals surface area contributed by atoms with E-state index in [-0.39, 0.29) is 41.3 Å². The second-order valence-corrected chi connectivity index (χ2v) is 6.60. The van der Waals surface area contributed by atoms with Crippen LogP contribution in [0.1, 0.15) is 24.6 Å². The van der Waals surface area contributed by atoms with Crippen LogP contribution in [0.15, 0.2) is 6.33 Å². The molecule has 5 rings (SSSR count). The van der Waals surface area contributed by atoms with Gasteiger partial charge in [0.25, 0.3) is 0 Å². The van der Waals surface area contributed by atoms with Crippen LogP contribution >= 0.6 is 11.6 Å². The smallest absolute Gasteiger partial charge is 0.340 e. The van der Waals surface area contributed by atoms with Gasteiger partial charge in [-0.2, -0.15) is 9.97 Å². The molecule has 13 nitrogen and oxygen atoms in total. The monoisotopic (exact) mass is 393 g/mol. The van der Waals surface area contributed by atoms with Crippen LogP contribution in [0.5, 0.6) is 0 Å². The summed E-state index contributed by atoms with van der Waals surface area (Å²) in [6.07, 6.45) is -0.0326. The lowest BCUT2D eigenvalue weighted by molar-refractivity contribution is -0.155. The number of fused-ring (bicyclic) bond motifs is 2. The fourth-order valence-electron chi connectivity index (χ4n) is 3.38. The predicted molar refractivity (Wildman–Crippen MR) is 86.2 cm³/mol. The van der Waals surface area contributed by atoms with Crippen LogP contribution in [0.25, 0.3) is 11.2 Å². The third-order valence-corrected chi connectivity index (χ3v) is 4.84. The molecule has 0 radical (unpaired) electrons. The van der Waals surface area contributed by atoms with Crippen LogP contribution in [-0.2, 0) is 14.3 Å². The van der Waals surface area contributed by atoms with Crippen molar-refractivity contribution in [2.24, 2.45) is 5.92 Å². The number of carboxylic acids is 1. The molecule has 140 valence electrons. The summed E-state index contributed by atoms with van der Waals surface area (Å²) in [5, 5.41) is 22.1. The maximum atomic E-state index is 11.4.